The largest absolute Gasteiger partial charge is 0.308 e. The fourth-order valence-electron chi connectivity index (χ4n) is 10.9. The Hall–Kier alpha value is -7.42. The van der Waals surface area contributed by atoms with Crippen molar-refractivity contribution in [2.75, 3.05) is 4.90 Å². The second kappa shape index (κ2) is 13.5. The molecule has 2 heteroatoms. The van der Waals surface area contributed by atoms with Crippen molar-refractivity contribution in [2.45, 2.75) is 38.5 Å². The van der Waals surface area contributed by atoms with Crippen molar-refractivity contribution >= 4 is 38.9 Å². The molecule has 0 N–H and O–H groups in total. The van der Waals surface area contributed by atoms with Crippen LogP contribution in [0.5, 0.6) is 0 Å². The van der Waals surface area contributed by atoms with Gasteiger partial charge in [-0.25, -0.2) is 0 Å². The number of nitrogens with zero attached hydrogens (tertiary/aromatic N) is 2. The summed E-state index contributed by atoms with van der Waals surface area (Å²) in [6.45, 7) is 9.52. The highest BCUT2D eigenvalue weighted by Gasteiger charge is 2.38. The monoisotopic (exact) mass is 794 g/mol. The van der Waals surface area contributed by atoms with Crippen LogP contribution in [0, 0.1) is 0 Å². The van der Waals surface area contributed by atoms with Crippen LogP contribution in [0.1, 0.15) is 49.9 Å². The summed E-state index contributed by atoms with van der Waals surface area (Å²) in [6.07, 6.45) is 0. The second-order valence-electron chi connectivity index (χ2n) is 18.1. The maximum Gasteiger partial charge on any atom is 0.0788 e. The van der Waals surface area contributed by atoms with E-state index < -0.39 is 0 Å². The molecule has 0 radical (unpaired) electrons. The highest BCUT2D eigenvalue weighted by atomic mass is 15.2. The third kappa shape index (κ3) is 5.29. The number of hydrogen-bond donors (Lipinski definition) is 0. The van der Waals surface area contributed by atoms with Crippen LogP contribution in [-0.4, -0.2) is 4.57 Å². The van der Waals surface area contributed by atoms with Gasteiger partial charge >= 0.3 is 0 Å². The molecule has 0 fully saturated rings. The maximum absolute atomic E-state index is 2.55. The smallest absolute Gasteiger partial charge is 0.0788 e. The lowest BCUT2D eigenvalue weighted by Crippen LogP contribution is -2.17. The molecular formula is C60H46N2. The molecule has 0 saturated heterocycles. The highest BCUT2D eigenvalue weighted by molar-refractivity contribution is 6.17. The van der Waals surface area contributed by atoms with Crippen LogP contribution in [0.15, 0.2) is 206 Å². The lowest BCUT2D eigenvalue weighted by molar-refractivity contribution is 0.660. The average Bonchev–Trinajstić information content (AvgIpc) is 3.87. The number of aromatic nitrogens is 1. The van der Waals surface area contributed by atoms with Gasteiger partial charge in [-0.1, -0.05) is 185 Å². The number of benzene rings is 9. The van der Waals surface area contributed by atoms with E-state index in [9.17, 15) is 0 Å². The Kier molecular flexibility index (Phi) is 7.96. The van der Waals surface area contributed by atoms with Crippen LogP contribution in [0.25, 0.3) is 72.0 Å². The lowest BCUT2D eigenvalue weighted by atomic mass is 9.81. The molecule has 0 unspecified atom stereocenters. The van der Waals surface area contributed by atoms with Crippen molar-refractivity contribution in [3.63, 3.8) is 0 Å². The zero-order chi connectivity index (χ0) is 41.7. The van der Waals surface area contributed by atoms with Gasteiger partial charge in [-0.3, -0.25) is 0 Å². The van der Waals surface area contributed by atoms with Crippen molar-refractivity contribution in [2.24, 2.45) is 0 Å². The van der Waals surface area contributed by atoms with Crippen LogP contribution in [0.4, 0.5) is 17.1 Å². The first-order valence-electron chi connectivity index (χ1n) is 21.9. The first kappa shape index (κ1) is 36.4. The van der Waals surface area contributed by atoms with Crippen molar-refractivity contribution < 1.29 is 0 Å². The predicted molar refractivity (Wildman–Crippen MR) is 261 cm³/mol. The predicted octanol–water partition coefficient (Wildman–Crippen LogP) is 16.2. The Labute approximate surface area is 364 Å². The van der Waals surface area contributed by atoms with Gasteiger partial charge in [0.2, 0.25) is 0 Å². The molecule has 0 atom stereocenters. The molecule has 1 aromatic heterocycles. The average molecular weight is 795 g/mol. The molecule has 2 aliphatic rings. The first-order valence-corrected chi connectivity index (χ1v) is 21.9. The zero-order valence-electron chi connectivity index (χ0n) is 35.5. The molecule has 2 aliphatic carbocycles. The minimum Gasteiger partial charge on any atom is -0.308 e. The Bertz CT molecular complexity index is 3390. The van der Waals surface area contributed by atoms with E-state index in [0.29, 0.717) is 0 Å². The maximum atomic E-state index is 2.55. The summed E-state index contributed by atoms with van der Waals surface area (Å²) in [7, 11) is 0. The van der Waals surface area contributed by atoms with Crippen LogP contribution >= 0.6 is 0 Å². The third-order valence-corrected chi connectivity index (χ3v) is 14.0. The minimum absolute atomic E-state index is 0.140. The quantitative estimate of drug-likeness (QED) is 0.163. The number of fused-ring (bicyclic) bond motifs is 9. The Balaban J connectivity index is 1.19. The van der Waals surface area contributed by atoms with Crippen LogP contribution in [0.3, 0.4) is 0 Å². The summed E-state index contributed by atoms with van der Waals surface area (Å²) in [5, 5.41) is 2.45. The van der Waals surface area contributed by atoms with Gasteiger partial charge < -0.3 is 9.47 Å². The fraction of sp³-hybridized carbons (Fsp3) is 0.100. The van der Waals surface area contributed by atoms with E-state index in [1.54, 1.807) is 0 Å². The summed E-state index contributed by atoms with van der Waals surface area (Å²) in [6, 6.07) is 76.7. The number of hydrogen-bond acceptors (Lipinski definition) is 1. The topological polar surface area (TPSA) is 8.17 Å². The van der Waals surface area contributed by atoms with Gasteiger partial charge in [0.1, 0.15) is 0 Å². The standard InChI is InChI=1S/C60H46N2/c1-59(2)52-24-14-11-21-46(52)48-33-29-41(37-54(48)59)45-35-36-51-50-23-13-16-26-56(50)62(42-19-9-6-10-20-42)58(51)57(45)61(43-30-27-40(28-31-43)39-17-7-5-8-18-39)44-32-34-49-47-22-12-15-25-53(47)60(3,4)55(49)38-44/h5-38H,1-4H3. The van der Waals surface area contributed by atoms with Gasteiger partial charge in [0.05, 0.1) is 16.7 Å². The molecule has 2 nitrogen and oxygen atoms in total. The van der Waals surface area contributed by atoms with Crippen molar-refractivity contribution in [3.8, 4) is 50.2 Å². The van der Waals surface area contributed by atoms with Gasteiger partial charge in [-0.15, -0.1) is 0 Å². The fourth-order valence-corrected chi connectivity index (χ4v) is 10.9. The van der Waals surface area contributed by atoms with E-state index in [2.05, 4.69) is 243 Å². The first-order chi connectivity index (χ1) is 30.3. The summed E-state index contributed by atoms with van der Waals surface area (Å²) < 4.78 is 2.50. The van der Waals surface area contributed by atoms with Crippen LogP contribution in [-0.2, 0) is 10.8 Å². The van der Waals surface area contributed by atoms with Gasteiger partial charge in [-0.2, -0.15) is 0 Å². The van der Waals surface area contributed by atoms with Crippen LogP contribution in [0.2, 0.25) is 0 Å². The Morgan fingerprint density at radius 1 is 0.355 bits per heavy atom. The highest BCUT2D eigenvalue weighted by Crippen LogP contribution is 2.55. The summed E-state index contributed by atoms with van der Waals surface area (Å²) in [4.78, 5) is 2.55. The molecule has 0 amide bonds. The van der Waals surface area contributed by atoms with E-state index in [-0.39, 0.29) is 10.8 Å². The molecule has 0 spiro atoms. The minimum atomic E-state index is -0.168. The molecule has 0 aliphatic heterocycles. The lowest BCUT2D eigenvalue weighted by Gasteiger charge is -2.31. The second-order valence-corrected chi connectivity index (χ2v) is 18.1. The zero-order valence-corrected chi connectivity index (χ0v) is 35.5. The summed E-state index contributed by atoms with van der Waals surface area (Å²) in [5.74, 6) is 0. The summed E-state index contributed by atoms with van der Waals surface area (Å²) >= 11 is 0. The van der Waals surface area contributed by atoms with Crippen molar-refractivity contribution in [1.29, 1.82) is 0 Å². The molecule has 296 valence electrons. The van der Waals surface area contributed by atoms with E-state index >= 15 is 0 Å². The Morgan fingerprint density at radius 2 is 0.855 bits per heavy atom. The van der Waals surface area contributed by atoms with E-state index in [0.717, 1.165) is 22.7 Å². The van der Waals surface area contributed by atoms with Crippen molar-refractivity contribution in [3.05, 3.63) is 229 Å². The molecule has 9 aromatic carbocycles. The molecule has 62 heavy (non-hydrogen) atoms. The SMILES string of the molecule is CC1(C)c2ccccc2-c2ccc(-c3ccc4c5ccccc5n(-c5ccccc5)c4c3N(c3ccc(-c4ccccc4)cc3)c3ccc4c(c3)C(C)(C)c3ccccc3-4)cc21. The molecule has 10 aromatic rings. The molecule has 0 bridgehead atoms. The number of rotatable bonds is 6. The molecule has 12 rings (SSSR count). The number of para-hydroxylation sites is 2. The Morgan fingerprint density at radius 3 is 1.55 bits per heavy atom. The van der Waals surface area contributed by atoms with Gasteiger partial charge in [0, 0.05) is 44.2 Å². The van der Waals surface area contributed by atoms with Gasteiger partial charge in [0.15, 0.2) is 0 Å². The van der Waals surface area contributed by atoms with Gasteiger partial charge in [0.25, 0.3) is 0 Å². The van der Waals surface area contributed by atoms with E-state index in [1.807, 2.05) is 0 Å². The van der Waals surface area contributed by atoms with E-state index in [4.69, 9.17) is 0 Å². The van der Waals surface area contributed by atoms with Crippen molar-refractivity contribution in [1.82, 2.24) is 4.57 Å². The van der Waals surface area contributed by atoms with Crippen LogP contribution < -0.4 is 4.90 Å². The molecular weight excluding hydrogens is 749 g/mol. The molecule has 1 heterocycles. The summed E-state index contributed by atoms with van der Waals surface area (Å²) in [5.41, 5.74) is 22.1. The third-order valence-electron chi connectivity index (χ3n) is 14.0. The number of anilines is 3. The van der Waals surface area contributed by atoms with E-state index in [1.165, 1.54) is 88.6 Å². The normalized spacial score (nSPS) is 14.1. The molecule has 0 saturated carbocycles. The van der Waals surface area contributed by atoms with Gasteiger partial charge in [-0.05, 0) is 110 Å².